The first kappa shape index (κ1) is 19.8. The number of furan rings is 1. The fourth-order valence-electron chi connectivity index (χ4n) is 3.61. The van der Waals surface area contributed by atoms with Gasteiger partial charge in [-0.3, -0.25) is 15.1 Å². The fourth-order valence-corrected chi connectivity index (χ4v) is 5.58. The van der Waals surface area contributed by atoms with E-state index in [0.29, 0.717) is 16.3 Å². The smallest absolute Gasteiger partial charge is 0.342 e. The topological polar surface area (TPSA) is 97.0 Å². The van der Waals surface area contributed by atoms with Crippen molar-refractivity contribution >= 4 is 56.2 Å². The van der Waals surface area contributed by atoms with E-state index in [1.807, 2.05) is 34.6 Å². The van der Waals surface area contributed by atoms with Gasteiger partial charge in [0.1, 0.15) is 16.3 Å². The molecule has 0 unspecified atom stereocenters. The van der Waals surface area contributed by atoms with Crippen LogP contribution in [-0.4, -0.2) is 47.1 Å². The van der Waals surface area contributed by atoms with Crippen LogP contribution in [0.3, 0.4) is 0 Å². The summed E-state index contributed by atoms with van der Waals surface area (Å²) in [7, 11) is 1.31. The minimum atomic E-state index is -0.538. The number of aromatic nitrogens is 1. The van der Waals surface area contributed by atoms with Crippen molar-refractivity contribution in [1.82, 2.24) is 9.88 Å². The first-order valence-corrected chi connectivity index (χ1v) is 11.3. The summed E-state index contributed by atoms with van der Waals surface area (Å²) < 4.78 is 11.7. The van der Waals surface area contributed by atoms with Gasteiger partial charge in [0, 0.05) is 12.2 Å². The number of ether oxygens (including phenoxy) is 1. The van der Waals surface area contributed by atoms with Crippen molar-refractivity contribution in [2.45, 2.75) is 13.3 Å². The highest BCUT2D eigenvalue weighted by Crippen LogP contribution is 2.41. The number of aliphatic imine (C=N–C) groups is 1. The van der Waals surface area contributed by atoms with Crippen LogP contribution in [-0.2, 0) is 9.53 Å². The highest BCUT2D eigenvalue weighted by molar-refractivity contribution is 8.16. The summed E-state index contributed by atoms with van der Waals surface area (Å²) in [5, 5.41) is 6.29. The number of nitrogens with zero attached hydrogens (tertiary/aromatic N) is 3. The van der Waals surface area contributed by atoms with Crippen molar-refractivity contribution in [1.29, 1.82) is 0 Å². The molecule has 2 aliphatic rings. The maximum atomic E-state index is 12.9. The highest BCUT2D eigenvalue weighted by atomic mass is 32.2. The van der Waals surface area contributed by atoms with E-state index in [9.17, 15) is 9.59 Å². The molecule has 0 saturated heterocycles. The molecule has 0 aliphatic carbocycles. The minimum Gasteiger partial charge on any atom is -0.465 e. The van der Waals surface area contributed by atoms with Crippen LogP contribution in [0.15, 0.2) is 44.8 Å². The fraction of sp³-hybridized carbons (Fsp3) is 0.238. The molecule has 10 heteroatoms. The molecule has 0 spiro atoms. The summed E-state index contributed by atoms with van der Waals surface area (Å²) >= 11 is 2.95. The van der Waals surface area contributed by atoms with Gasteiger partial charge in [0.2, 0.25) is 11.8 Å². The van der Waals surface area contributed by atoms with Gasteiger partial charge in [0.05, 0.1) is 35.9 Å². The van der Waals surface area contributed by atoms with E-state index in [1.165, 1.54) is 30.2 Å². The van der Waals surface area contributed by atoms with Crippen LogP contribution in [0.25, 0.3) is 20.8 Å². The van der Waals surface area contributed by atoms with Gasteiger partial charge in [-0.05, 0) is 24.5 Å². The number of esters is 1. The van der Waals surface area contributed by atoms with Gasteiger partial charge < -0.3 is 14.1 Å². The number of methoxy groups -OCH3 is 1. The lowest BCUT2D eigenvalue weighted by atomic mass is 10.1. The molecular weight excluding hydrogens is 436 g/mol. The Labute approximate surface area is 186 Å². The first-order valence-electron chi connectivity index (χ1n) is 9.60. The number of nitrogens with one attached hydrogen (secondary N) is 1. The second kappa shape index (κ2) is 7.86. The molecular formula is C21H18N4O4S2. The molecule has 8 nitrogen and oxygen atoms in total. The Hall–Kier alpha value is -3.11. The number of benzene rings is 1. The Balaban J connectivity index is 1.49. The summed E-state index contributed by atoms with van der Waals surface area (Å²) in [4.78, 5) is 36.4. The Morgan fingerprint density at radius 3 is 2.97 bits per heavy atom. The van der Waals surface area contributed by atoms with Gasteiger partial charge in [0.15, 0.2) is 5.17 Å². The zero-order valence-corrected chi connectivity index (χ0v) is 18.4. The molecule has 0 saturated carbocycles. The average Bonchev–Trinajstić information content (AvgIpc) is 3.51. The number of amides is 1. The van der Waals surface area contributed by atoms with Gasteiger partial charge in [0.25, 0.3) is 0 Å². The van der Waals surface area contributed by atoms with Gasteiger partial charge in [-0.2, -0.15) is 0 Å². The average molecular weight is 455 g/mol. The second-order valence-corrected chi connectivity index (χ2v) is 8.85. The van der Waals surface area contributed by atoms with E-state index < -0.39 is 5.97 Å². The molecule has 0 atom stereocenters. The molecule has 2 aromatic heterocycles. The van der Waals surface area contributed by atoms with Crippen LogP contribution in [0, 0.1) is 6.92 Å². The summed E-state index contributed by atoms with van der Waals surface area (Å²) in [6.07, 6.45) is 0.179. The van der Waals surface area contributed by atoms with Crippen LogP contribution in [0.5, 0.6) is 0 Å². The third-order valence-corrected chi connectivity index (χ3v) is 7.03. The lowest BCUT2D eigenvalue weighted by Crippen LogP contribution is -2.24. The monoisotopic (exact) mass is 454 g/mol. The van der Waals surface area contributed by atoms with E-state index >= 15 is 0 Å². The number of carbonyl (C=O) groups excluding carboxylic acids is 2. The SMILES string of the molecule is COC(=O)c1c(C)oc(NC(=O)CC2=CSC3=NCCN23)c1-c1nc2ccccc2s1. The van der Waals surface area contributed by atoms with Crippen LogP contribution >= 0.6 is 23.1 Å². The van der Waals surface area contributed by atoms with Crippen molar-refractivity contribution in [3.63, 3.8) is 0 Å². The molecule has 0 bridgehead atoms. The molecule has 158 valence electrons. The van der Waals surface area contributed by atoms with Crippen LogP contribution in [0.1, 0.15) is 22.5 Å². The maximum absolute atomic E-state index is 12.9. The summed E-state index contributed by atoms with van der Waals surface area (Å²) in [6.45, 7) is 3.19. The Morgan fingerprint density at radius 2 is 2.16 bits per heavy atom. The largest absolute Gasteiger partial charge is 0.465 e. The lowest BCUT2D eigenvalue weighted by molar-refractivity contribution is -0.115. The predicted molar refractivity (Wildman–Crippen MR) is 121 cm³/mol. The number of amidine groups is 1. The predicted octanol–water partition coefficient (Wildman–Crippen LogP) is 4.24. The molecule has 3 aromatic rings. The second-order valence-electron chi connectivity index (χ2n) is 6.98. The number of fused-ring (bicyclic) bond motifs is 2. The van der Waals surface area contributed by atoms with Crippen LogP contribution in [0.4, 0.5) is 5.88 Å². The number of hydrogen-bond acceptors (Lipinski definition) is 9. The van der Waals surface area contributed by atoms with E-state index in [1.54, 1.807) is 6.92 Å². The molecule has 4 heterocycles. The van der Waals surface area contributed by atoms with Crippen LogP contribution < -0.4 is 5.32 Å². The number of aryl methyl sites for hydroxylation is 1. The Morgan fingerprint density at radius 1 is 1.32 bits per heavy atom. The number of rotatable bonds is 5. The van der Waals surface area contributed by atoms with Gasteiger partial charge >= 0.3 is 5.97 Å². The molecule has 0 fully saturated rings. The highest BCUT2D eigenvalue weighted by Gasteiger charge is 2.31. The molecule has 31 heavy (non-hydrogen) atoms. The van der Waals surface area contributed by atoms with Crippen molar-refractivity contribution in [2.75, 3.05) is 25.5 Å². The number of anilines is 1. The zero-order valence-electron chi connectivity index (χ0n) is 16.8. The van der Waals surface area contributed by atoms with Crippen molar-refractivity contribution in [2.24, 2.45) is 4.99 Å². The molecule has 2 aliphatic heterocycles. The van der Waals surface area contributed by atoms with E-state index in [4.69, 9.17) is 9.15 Å². The molecule has 0 radical (unpaired) electrons. The minimum absolute atomic E-state index is 0.179. The van der Waals surface area contributed by atoms with E-state index in [0.717, 1.165) is 34.2 Å². The Bertz CT molecular complexity index is 1240. The molecule has 5 rings (SSSR count). The standard InChI is InChI=1S/C21H18N4O4S2/c1-11-16(20(27)28-2)17(19-23-13-5-3-4-6-14(13)31-19)18(29-11)24-15(26)9-12-10-30-21-22-7-8-25(12)21/h3-6,10H,7-9H2,1-2H3,(H,24,26). The number of carbonyl (C=O) groups is 2. The third kappa shape index (κ3) is 3.51. The van der Waals surface area contributed by atoms with E-state index in [2.05, 4.69) is 15.3 Å². The molecule has 1 amide bonds. The van der Waals surface area contributed by atoms with Crippen molar-refractivity contribution in [3.8, 4) is 10.6 Å². The van der Waals surface area contributed by atoms with Gasteiger partial charge in [-0.15, -0.1) is 11.3 Å². The maximum Gasteiger partial charge on any atom is 0.342 e. The summed E-state index contributed by atoms with van der Waals surface area (Å²) in [6, 6.07) is 7.69. The molecule has 1 aromatic carbocycles. The van der Waals surface area contributed by atoms with Gasteiger partial charge in [-0.1, -0.05) is 23.9 Å². The number of hydrogen-bond donors (Lipinski definition) is 1. The quantitative estimate of drug-likeness (QED) is 0.576. The van der Waals surface area contributed by atoms with Crippen LogP contribution in [0.2, 0.25) is 0 Å². The Kier molecular flexibility index (Phi) is 5.03. The van der Waals surface area contributed by atoms with Crippen molar-refractivity contribution < 1.29 is 18.7 Å². The number of para-hydroxylation sites is 1. The van der Waals surface area contributed by atoms with Crippen molar-refractivity contribution in [3.05, 3.63) is 46.7 Å². The lowest BCUT2D eigenvalue weighted by Gasteiger charge is -2.15. The van der Waals surface area contributed by atoms with E-state index in [-0.39, 0.29) is 23.8 Å². The number of thioether (sulfide) groups is 1. The summed E-state index contributed by atoms with van der Waals surface area (Å²) in [5.41, 5.74) is 2.42. The normalized spacial score (nSPS) is 15.1. The first-order chi connectivity index (χ1) is 15.0. The number of thiazole rings is 1. The third-order valence-electron chi connectivity index (χ3n) is 5.02. The van der Waals surface area contributed by atoms with Gasteiger partial charge in [-0.25, -0.2) is 9.78 Å². The summed E-state index contributed by atoms with van der Waals surface area (Å²) in [5.74, 6) is -0.221. The molecule has 1 N–H and O–H groups in total. The zero-order chi connectivity index (χ0) is 21.5.